The van der Waals surface area contributed by atoms with Gasteiger partial charge in [0.2, 0.25) is 0 Å². The molecule has 1 aromatic rings. The van der Waals surface area contributed by atoms with Crippen molar-refractivity contribution in [2.24, 2.45) is 0 Å². The molecule has 0 aliphatic heterocycles. The Kier molecular flexibility index (Phi) is 3.69. The fraction of sp³-hybridized carbons (Fsp3) is 0.538. The van der Waals surface area contributed by atoms with E-state index in [1.54, 1.807) is 13.0 Å². The highest BCUT2D eigenvalue weighted by Gasteiger charge is 2.27. The zero-order valence-electron chi connectivity index (χ0n) is 10.7. The number of amides is 1. The van der Waals surface area contributed by atoms with Crippen LogP contribution in [0.25, 0.3) is 0 Å². The molecule has 2 rings (SSSR count). The number of nitrogens with zero attached hydrogens (tertiary/aromatic N) is 1. The monoisotopic (exact) mass is 250 g/mol. The molecule has 0 bridgehead atoms. The van der Waals surface area contributed by atoms with Crippen LogP contribution in [-0.2, 0) is 9.53 Å². The van der Waals surface area contributed by atoms with Crippen LogP contribution in [-0.4, -0.2) is 29.6 Å². The summed E-state index contributed by atoms with van der Waals surface area (Å²) < 4.78 is 6.57. The summed E-state index contributed by atoms with van der Waals surface area (Å²) in [4.78, 5) is 23.2. The van der Waals surface area contributed by atoms with E-state index in [0.29, 0.717) is 11.7 Å². The smallest absolute Gasteiger partial charge is 0.307 e. The van der Waals surface area contributed by atoms with E-state index in [2.05, 4.69) is 10.1 Å². The molecule has 0 radical (unpaired) electrons. The summed E-state index contributed by atoms with van der Waals surface area (Å²) in [6.45, 7) is 1.79. The van der Waals surface area contributed by atoms with Gasteiger partial charge in [0.1, 0.15) is 5.69 Å². The van der Waals surface area contributed by atoms with Crippen molar-refractivity contribution in [1.82, 2.24) is 9.88 Å². The second-order valence-electron chi connectivity index (χ2n) is 4.69. The van der Waals surface area contributed by atoms with Gasteiger partial charge in [0.25, 0.3) is 5.91 Å². The zero-order chi connectivity index (χ0) is 13.1. The third-order valence-corrected chi connectivity index (χ3v) is 3.03. The summed E-state index contributed by atoms with van der Waals surface area (Å²) in [7, 11) is 1.34. The van der Waals surface area contributed by atoms with Crippen LogP contribution in [0.3, 0.4) is 0 Å². The molecule has 5 nitrogen and oxygen atoms in total. The average molecular weight is 250 g/mol. The Bertz CT molecular complexity index is 449. The molecule has 1 heterocycles. The number of nitrogens with one attached hydrogen (secondary N) is 1. The van der Waals surface area contributed by atoms with Crippen molar-refractivity contribution in [2.45, 2.75) is 38.3 Å². The van der Waals surface area contributed by atoms with Crippen LogP contribution in [0, 0.1) is 0 Å². The Balaban J connectivity index is 1.94. The Morgan fingerprint density at radius 1 is 1.56 bits per heavy atom. The standard InChI is InChI=1S/C13H18N2O3/c1-9(8-12(16)18-2)14-13(17)11-4-3-7-15(11)10-5-6-10/h3-4,7,9-10H,5-6,8H2,1-2H3,(H,14,17). The normalized spacial score (nSPS) is 16.1. The number of hydrogen-bond acceptors (Lipinski definition) is 3. The van der Waals surface area contributed by atoms with Gasteiger partial charge in [0.05, 0.1) is 13.5 Å². The molecule has 0 spiro atoms. The molecule has 0 saturated heterocycles. The van der Waals surface area contributed by atoms with Crippen molar-refractivity contribution in [2.75, 3.05) is 7.11 Å². The molecule has 1 aliphatic rings. The van der Waals surface area contributed by atoms with Gasteiger partial charge < -0.3 is 14.6 Å². The van der Waals surface area contributed by atoms with E-state index in [1.807, 2.05) is 16.8 Å². The van der Waals surface area contributed by atoms with Gasteiger partial charge in [0.15, 0.2) is 0 Å². The van der Waals surface area contributed by atoms with E-state index in [-0.39, 0.29) is 24.3 Å². The predicted molar refractivity (Wildman–Crippen MR) is 66.3 cm³/mol. The summed E-state index contributed by atoms with van der Waals surface area (Å²) in [5.74, 6) is -0.455. The summed E-state index contributed by atoms with van der Waals surface area (Å²) in [6.07, 6.45) is 4.38. The minimum Gasteiger partial charge on any atom is -0.469 e. The number of carbonyl (C=O) groups is 2. The molecule has 1 unspecified atom stereocenters. The maximum atomic E-state index is 12.1. The Hall–Kier alpha value is -1.78. The van der Waals surface area contributed by atoms with Gasteiger partial charge in [0, 0.05) is 18.3 Å². The molecule has 1 aromatic heterocycles. The molecule has 1 atom stereocenters. The molecule has 1 amide bonds. The van der Waals surface area contributed by atoms with E-state index >= 15 is 0 Å². The number of rotatable bonds is 5. The van der Waals surface area contributed by atoms with E-state index in [1.165, 1.54) is 7.11 Å². The van der Waals surface area contributed by atoms with Crippen LogP contribution in [0.5, 0.6) is 0 Å². The van der Waals surface area contributed by atoms with Crippen molar-refractivity contribution in [1.29, 1.82) is 0 Å². The maximum Gasteiger partial charge on any atom is 0.307 e. The van der Waals surface area contributed by atoms with Crippen LogP contribution in [0.15, 0.2) is 18.3 Å². The fourth-order valence-corrected chi connectivity index (χ4v) is 1.94. The van der Waals surface area contributed by atoms with Gasteiger partial charge in [-0.3, -0.25) is 9.59 Å². The lowest BCUT2D eigenvalue weighted by atomic mass is 10.2. The van der Waals surface area contributed by atoms with Gasteiger partial charge in [-0.15, -0.1) is 0 Å². The molecular weight excluding hydrogens is 232 g/mol. The Morgan fingerprint density at radius 2 is 2.28 bits per heavy atom. The first-order chi connectivity index (χ1) is 8.61. The van der Waals surface area contributed by atoms with Gasteiger partial charge in [-0.1, -0.05) is 0 Å². The lowest BCUT2D eigenvalue weighted by molar-refractivity contribution is -0.141. The summed E-state index contributed by atoms with van der Waals surface area (Å²) >= 11 is 0. The Labute approximate surface area is 106 Å². The van der Waals surface area contributed by atoms with E-state index in [0.717, 1.165) is 12.8 Å². The highest BCUT2D eigenvalue weighted by molar-refractivity contribution is 5.93. The number of methoxy groups -OCH3 is 1. The van der Waals surface area contributed by atoms with Crippen molar-refractivity contribution < 1.29 is 14.3 Å². The maximum absolute atomic E-state index is 12.1. The first kappa shape index (κ1) is 12.7. The Morgan fingerprint density at radius 3 is 2.89 bits per heavy atom. The highest BCUT2D eigenvalue weighted by Crippen LogP contribution is 2.35. The molecule has 1 N–H and O–H groups in total. The highest BCUT2D eigenvalue weighted by atomic mass is 16.5. The van der Waals surface area contributed by atoms with Crippen LogP contribution in [0.2, 0.25) is 0 Å². The van der Waals surface area contributed by atoms with Gasteiger partial charge >= 0.3 is 5.97 Å². The van der Waals surface area contributed by atoms with Crippen molar-refractivity contribution in [3.63, 3.8) is 0 Å². The topological polar surface area (TPSA) is 60.3 Å². The first-order valence-electron chi connectivity index (χ1n) is 6.16. The molecule has 5 heteroatoms. The zero-order valence-corrected chi connectivity index (χ0v) is 10.7. The van der Waals surface area contributed by atoms with Crippen molar-refractivity contribution in [3.05, 3.63) is 24.0 Å². The summed E-state index contributed by atoms with van der Waals surface area (Å²) in [5.41, 5.74) is 0.661. The second kappa shape index (κ2) is 5.25. The third kappa shape index (κ3) is 2.91. The molecule has 18 heavy (non-hydrogen) atoms. The minimum absolute atomic E-state index is 0.136. The number of ether oxygens (including phenoxy) is 1. The lowest BCUT2D eigenvalue weighted by Gasteiger charge is -2.14. The van der Waals surface area contributed by atoms with E-state index in [4.69, 9.17) is 0 Å². The average Bonchev–Trinajstić information content (AvgIpc) is 3.06. The SMILES string of the molecule is COC(=O)CC(C)NC(=O)c1cccn1C1CC1. The first-order valence-corrected chi connectivity index (χ1v) is 6.16. The van der Waals surface area contributed by atoms with Gasteiger partial charge in [-0.2, -0.15) is 0 Å². The molecule has 1 saturated carbocycles. The van der Waals surface area contributed by atoms with E-state index in [9.17, 15) is 9.59 Å². The minimum atomic E-state index is -0.319. The molecule has 0 aromatic carbocycles. The fourth-order valence-electron chi connectivity index (χ4n) is 1.94. The number of carbonyl (C=O) groups excluding carboxylic acids is 2. The number of hydrogen-bond donors (Lipinski definition) is 1. The van der Waals surface area contributed by atoms with Crippen molar-refractivity contribution >= 4 is 11.9 Å². The third-order valence-electron chi connectivity index (χ3n) is 3.03. The van der Waals surface area contributed by atoms with Crippen molar-refractivity contribution in [3.8, 4) is 0 Å². The van der Waals surface area contributed by atoms with Crippen LogP contribution in [0.4, 0.5) is 0 Å². The summed E-state index contributed by atoms with van der Waals surface area (Å²) in [5, 5.41) is 2.81. The van der Waals surface area contributed by atoms with Gasteiger partial charge in [-0.05, 0) is 31.9 Å². The largest absolute Gasteiger partial charge is 0.469 e. The predicted octanol–water partition coefficient (Wildman–Crippen LogP) is 1.50. The van der Waals surface area contributed by atoms with E-state index < -0.39 is 0 Å². The summed E-state index contributed by atoms with van der Waals surface area (Å²) in [6, 6.07) is 3.92. The number of aromatic nitrogens is 1. The lowest BCUT2D eigenvalue weighted by Crippen LogP contribution is -2.35. The second-order valence-corrected chi connectivity index (χ2v) is 4.69. The molecular formula is C13H18N2O3. The van der Waals surface area contributed by atoms with Gasteiger partial charge in [-0.25, -0.2) is 0 Å². The quantitative estimate of drug-likeness (QED) is 0.806. The molecule has 1 aliphatic carbocycles. The number of esters is 1. The van der Waals surface area contributed by atoms with Crippen LogP contribution < -0.4 is 5.32 Å². The van der Waals surface area contributed by atoms with Crippen LogP contribution in [0.1, 0.15) is 42.7 Å². The molecule has 1 fully saturated rings. The van der Waals surface area contributed by atoms with Crippen LogP contribution >= 0.6 is 0 Å². The molecule has 98 valence electrons.